The molecule has 0 spiro atoms. The van der Waals surface area contributed by atoms with Crippen molar-refractivity contribution in [1.29, 1.82) is 0 Å². The third-order valence-electron chi connectivity index (χ3n) is 4.77. The Labute approximate surface area is 124 Å². The Bertz CT molecular complexity index is 428. The smallest absolute Gasteiger partial charge is 0.0393 e. The van der Waals surface area contributed by atoms with Gasteiger partial charge in [0.15, 0.2) is 0 Å². The second-order valence-corrected chi connectivity index (χ2v) is 6.35. The van der Waals surface area contributed by atoms with Crippen LogP contribution in [0, 0.1) is 26.7 Å². The number of rotatable bonds is 4. The monoisotopic (exact) mass is 274 g/mol. The van der Waals surface area contributed by atoms with E-state index in [-0.39, 0.29) is 0 Å². The summed E-state index contributed by atoms with van der Waals surface area (Å²) in [5.74, 6) is 0.730. The van der Waals surface area contributed by atoms with Gasteiger partial charge in [0, 0.05) is 6.04 Å². The van der Waals surface area contributed by atoms with E-state index in [1.54, 1.807) is 5.56 Å². The summed E-state index contributed by atoms with van der Waals surface area (Å²) in [6.07, 6.45) is 2.68. The van der Waals surface area contributed by atoms with Crippen LogP contribution in [0.15, 0.2) is 12.1 Å². The molecular formula is C18H30N2. The summed E-state index contributed by atoms with van der Waals surface area (Å²) in [6, 6.07) is 5.28. The van der Waals surface area contributed by atoms with Gasteiger partial charge in [0.25, 0.3) is 0 Å². The number of hydrogen-bond acceptors (Lipinski definition) is 2. The topological polar surface area (TPSA) is 15.3 Å². The predicted molar refractivity (Wildman–Crippen MR) is 87.3 cm³/mol. The van der Waals surface area contributed by atoms with E-state index in [0.29, 0.717) is 6.04 Å². The first-order valence-electron chi connectivity index (χ1n) is 8.04. The Morgan fingerprint density at radius 1 is 1.20 bits per heavy atom. The van der Waals surface area contributed by atoms with Gasteiger partial charge in [-0.05, 0) is 82.9 Å². The van der Waals surface area contributed by atoms with Gasteiger partial charge in [-0.25, -0.2) is 0 Å². The lowest BCUT2D eigenvalue weighted by Crippen LogP contribution is -2.42. The van der Waals surface area contributed by atoms with Crippen molar-refractivity contribution >= 4 is 0 Å². The van der Waals surface area contributed by atoms with E-state index < -0.39 is 0 Å². The molecule has 2 unspecified atom stereocenters. The third kappa shape index (κ3) is 3.07. The van der Waals surface area contributed by atoms with E-state index in [4.69, 9.17) is 0 Å². The molecule has 0 radical (unpaired) electrons. The molecule has 0 saturated carbocycles. The standard InChI is InChI=1S/C18H30N2/c1-6-20-9-7-8-16(12-19-5)18(20)17-14(3)10-13(2)11-15(17)4/h10-11,16,18-19H,6-9,12H2,1-5H3. The fraction of sp³-hybridized carbons (Fsp3) is 0.667. The first-order valence-corrected chi connectivity index (χ1v) is 8.04. The molecule has 1 aliphatic rings. The molecule has 2 atom stereocenters. The van der Waals surface area contributed by atoms with Crippen LogP contribution in [-0.2, 0) is 0 Å². The molecule has 0 aromatic heterocycles. The lowest BCUT2D eigenvalue weighted by molar-refractivity contribution is 0.0973. The molecule has 1 aliphatic heterocycles. The fourth-order valence-corrected chi connectivity index (χ4v) is 4.06. The molecule has 2 nitrogen and oxygen atoms in total. The number of benzene rings is 1. The normalized spacial score (nSPS) is 24.1. The van der Waals surface area contributed by atoms with Crippen molar-refractivity contribution < 1.29 is 0 Å². The largest absolute Gasteiger partial charge is 0.319 e. The lowest BCUT2D eigenvalue weighted by atomic mass is 9.80. The van der Waals surface area contributed by atoms with Gasteiger partial charge in [0.2, 0.25) is 0 Å². The van der Waals surface area contributed by atoms with Gasteiger partial charge in [-0.2, -0.15) is 0 Å². The molecule has 2 heteroatoms. The minimum atomic E-state index is 0.585. The zero-order valence-corrected chi connectivity index (χ0v) is 13.8. The number of piperidine rings is 1. The molecule has 1 aromatic rings. The predicted octanol–water partition coefficient (Wildman–Crippen LogP) is 3.60. The molecule has 0 amide bonds. The summed E-state index contributed by atoms with van der Waals surface area (Å²) < 4.78 is 0. The highest BCUT2D eigenvalue weighted by Crippen LogP contribution is 2.38. The van der Waals surface area contributed by atoms with E-state index in [0.717, 1.165) is 19.0 Å². The number of nitrogens with one attached hydrogen (secondary N) is 1. The van der Waals surface area contributed by atoms with Crippen LogP contribution in [0.2, 0.25) is 0 Å². The average Bonchev–Trinajstić information content (AvgIpc) is 2.39. The highest BCUT2D eigenvalue weighted by Gasteiger charge is 2.33. The summed E-state index contributed by atoms with van der Waals surface area (Å²) in [5.41, 5.74) is 5.90. The SMILES string of the molecule is CCN1CCCC(CNC)C1c1c(C)cc(C)cc1C. The molecule has 1 aromatic carbocycles. The summed E-state index contributed by atoms with van der Waals surface area (Å²) >= 11 is 0. The van der Waals surface area contributed by atoms with Crippen molar-refractivity contribution in [2.24, 2.45) is 5.92 Å². The van der Waals surface area contributed by atoms with Gasteiger partial charge in [-0.1, -0.05) is 24.6 Å². The Balaban J connectivity index is 2.43. The maximum Gasteiger partial charge on any atom is 0.0393 e. The Hall–Kier alpha value is -0.860. The minimum Gasteiger partial charge on any atom is -0.319 e. The number of nitrogens with zero attached hydrogens (tertiary/aromatic N) is 1. The summed E-state index contributed by atoms with van der Waals surface area (Å²) in [7, 11) is 2.08. The minimum absolute atomic E-state index is 0.585. The Morgan fingerprint density at radius 2 is 1.85 bits per heavy atom. The van der Waals surface area contributed by atoms with Crippen molar-refractivity contribution in [2.45, 2.75) is 46.6 Å². The second-order valence-electron chi connectivity index (χ2n) is 6.35. The molecule has 2 rings (SSSR count). The molecular weight excluding hydrogens is 244 g/mol. The molecule has 20 heavy (non-hydrogen) atoms. The number of likely N-dealkylation sites (tertiary alicyclic amines) is 1. The zero-order valence-electron chi connectivity index (χ0n) is 13.8. The van der Waals surface area contributed by atoms with Crippen molar-refractivity contribution in [3.05, 3.63) is 34.4 Å². The average molecular weight is 274 g/mol. The van der Waals surface area contributed by atoms with Crippen LogP contribution in [0.1, 0.15) is 48.1 Å². The van der Waals surface area contributed by atoms with Gasteiger partial charge in [0.1, 0.15) is 0 Å². The van der Waals surface area contributed by atoms with Gasteiger partial charge in [0.05, 0.1) is 0 Å². The molecule has 1 N–H and O–H groups in total. The summed E-state index contributed by atoms with van der Waals surface area (Å²) in [4.78, 5) is 2.68. The molecule has 1 fully saturated rings. The maximum atomic E-state index is 3.41. The molecule has 112 valence electrons. The molecule has 0 aliphatic carbocycles. The van der Waals surface area contributed by atoms with Gasteiger partial charge >= 0.3 is 0 Å². The maximum absolute atomic E-state index is 3.41. The van der Waals surface area contributed by atoms with Crippen molar-refractivity contribution in [2.75, 3.05) is 26.7 Å². The van der Waals surface area contributed by atoms with E-state index in [1.165, 1.54) is 36.1 Å². The first kappa shape index (κ1) is 15.5. The fourth-order valence-electron chi connectivity index (χ4n) is 4.06. The molecule has 0 bridgehead atoms. The highest BCUT2D eigenvalue weighted by atomic mass is 15.2. The van der Waals surface area contributed by atoms with Gasteiger partial charge < -0.3 is 5.32 Å². The van der Waals surface area contributed by atoms with Crippen LogP contribution in [0.4, 0.5) is 0 Å². The first-order chi connectivity index (χ1) is 9.58. The highest BCUT2D eigenvalue weighted by molar-refractivity contribution is 5.40. The van der Waals surface area contributed by atoms with E-state index >= 15 is 0 Å². The molecule has 1 saturated heterocycles. The van der Waals surface area contributed by atoms with Crippen LogP contribution in [0.5, 0.6) is 0 Å². The van der Waals surface area contributed by atoms with Crippen LogP contribution >= 0.6 is 0 Å². The molecule has 1 heterocycles. The Morgan fingerprint density at radius 3 is 2.40 bits per heavy atom. The lowest BCUT2D eigenvalue weighted by Gasteiger charge is -2.42. The van der Waals surface area contributed by atoms with Crippen LogP contribution in [0.3, 0.4) is 0 Å². The zero-order chi connectivity index (χ0) is 14.7. The number of aryl methyl sites for hydroxylation is 3. The second kappa shape index (κ2) is 6.73. The van der Waals surface area contributed by atoms with Crippen molar-refractivity contribution in [1.82, 2.24) is 10.2 Å². The van der Waals surface area contributed by atoms with Gasteiger partial charge in [-0.15, -0.1) is 0 Å². The van der Waals surface area contributed by atoms with E-state index in [9.17, 15) is 0 Å². The summed E-state index contributed by atoms with van der Waals surface area (Å²) in [6.45, 7) is 12.6. The van der Waals surface area contributed by atoms with Crippen LogP contribution < -0.4 is 5.32 Å². The quantitative estimate of drug-likeness (QED) is 0.902. The third-order valence-corrected chi connectivity index (χ3v) is 4.77. The van der Waals surface area contributed by atoms with Crippen LogP contribution in [-0.4, -0.2) is 31.6 Å². The van der Waals surface area contributed by atoms with E-state index in [2.05, 4.69) is 57.1 Å². The Kier molecular flexibility index (Phi) is 5.22. The van der Waals surface area contributed by atoms with Crippen LogP contribution in [0.25, 0.3) is 0 Å². The van der Waals surface area contributed by atoms with Crippen molar-refractivity contribution in [3.8, 4) is 0 Å². The van der Waals surface area contributed by atoms with Crippen molar-refractivity contribution in [3.63, 3.8) is 0 Å². The van der Waals surface area contributed by atoms with Gasteiger partial charge in [-0.3, -0.25) is 4.90 Å². The summed E-state index contributed by atoms with van der Waals surface area (Å²) in [5, 5.41) is 3.41. The van der Waals surface area contributed by atoms with E-state index in [1.807, 2.05) is 0 Å². The number of hydrogen-bond donors (Lipinski definition) is 1.